The highest BCUT2D eigenvalue weighted by atomic mass is 35.5. The zero-order valence-corrected chi connectivity index (χ0v) is 10.7. The Morgan fingerprint density at radius 1 is 1.38 bits per heavy atom. The molecule has 1 aliphatic rings. The molecule has 1 aromatic carbocycles. The predicted octanol–water partition coefficient (Wildman–Crippen LogP) is 3.79. The summed E-state index contributed by atoms with van der Waals surface area (Å²) in [5.41, 5.74) is 0.814. The van der Waals surface area contributed by atoms with E-state index in [9.17, 15) is 0 Å². The highest BCUT2D eigenvalue weighted by molar-refractivity contribution is 6.36. The van der Waals surface area contributed by atoms with Crippen molar-refractivity contribution in [3.05, 3.63) is 33.8 Å². The van der Waals surface area contributed by atoms with Crippen LogP contribution >= 0.6 is 23.2 Å². The van der Waals surface area contributed by atoms with E-state index in [1.54, 1.807) is 12.1 Å². The molecule has 1 heterocycles. The van der Waals surface area contributed by atoms with Crippen molar-refractivity contribution in [1.29, 1.82) is 0 Å². The molecule has 1 atom stereocenters. The van der Waals surface area contributed by atoms with E-state index in [1.165, 1.54) is 0 Å². The average Bonchev–Trinajstić information content (AvgIpc) is 2.66. The molecule has 16 heavy (non-hydrogen) atoms. The van der Waals surface area contributed by atoms with Crippen LogP contribution in [0.1, 0.15) is 19.4 Å². The summed E-state index contributed by atoms with van der Waals surface area (Å²) in [6, 6.07) is 5.55. The van der Waals surface area contributed by atoms with Gasteiger partial charge in [-0.3, -0.25) is 0 Å². The van der Waals surface area contributed by atoms with E-state index in [-0.39, 0.29) is 6.04 Å². The molecule has 0 radical (unpaired) electrons. The van der Waals surface area contributed by atoms with E-state index in [0.29, 0.717) is 28.5 Å². The van der Waals surface area contributed by atoms with Crippen molar-refractivity contribution in [2.24, 2.45) is 10.9 Å². The fourth-order valence-corrected chi connectivity index (χ4v) is 2.03. The van der Waals surface area contributed by atoms with Crippen LogP contribution in [0.4, 0.5) is 0 Å². The largest absolute Gasteiger partial charge is 0.475 e. The van der Waals surface area contributed by atoms with Gasteiger partial charge in [0.1, 0.15) is 6.61 Å². The maximum atomic E-state index is 6.09. The Hall–Kier alpha value is -0.730. The lowest BCUT2D eigenvalue weighted by Gasteiger charge is -2.06. The van der Waals surface area contributed by atoms with Crippen LogP contribution in [0.3, 0.4) is 0 Å². The van der Waals surface area contributed by atoms with Crippen LogP contribution in [-0.2, 0) is 4.74 Å². The van der Waals surface area contributed by atoms with Crippen molar-refractivity contribution in [2.75, 3.05) is 6.61 Å². The molecule has 0 fully saturated rings. The van der Waals surface area contributed by atoms with Crippen LogP contribution in [0.5, 0.6) is 0 Å². The number of rotatable bonds is 2. The molecular weight excluding hydrogens is 245 g/mol. The van der Waals surface area contributed by atoms with Gasteiger partial charge in [-0.1, -0.05) is 37.0 Å². The summed E-state index contributed by atoms with van der Waals surface area (Å²) in [6.07, 6.45) is 0. The molecule has 0 amide bonds. The summed E-state index contributed by atoms with van der Waals surface area (Å²) in [6.45, 7) is 4.89. The minimum atomic E-state index is 0.224. The molecule has 1 aliphatic heterocycles. The van der Waals surface area contributed by atoms with Crippen molar-refractivity contribution < 1.29 is 4.74 Å². The number of benzene rings is 1. The van der Waals surface area contributed by atoms with Crippen LogP contribution in [0.15, 0.2) is 23.2 Å². The molecule has 0 spiro atoms. The van der Waals surface area contributed by atoms with E-state index in [2.05, 4.69) is 18.8 Å². The first-order valence-electron chi connectivity index (χ1n) is 5.24. The molecule has 2 nitrogen and oxygen atoms in total. The summed E-state index contributed by atoms with van der Waals surface area (Å²) >= 11 is 11.9. The van der Waals surface area contributed by atoms with Gasteiger partial charge in [0, 0.05) is 5.02 Å². The van der Waals surface area contributed by atoms with E-state index >= 15 is 0 Å². The second-order valence-electron chi connectivity index (χ2n) is 4.18. The number of halogens is 2. The monoisotopic (exact) mass is 257 g/mol. The van der Waals surface area contributed by atoms with Gasteiger partial charge in [-0.05, 0) is 24.1 Å². The lowest BCUT2D eigenvalue weighted by molar-refractivity contribution is 0.292. The van der Waals surface area contributed by atoms with Gasteiger partial charge in [-0.25, -0.2) is 4.99 Å². The first-order chi connectivity index (χ1) is 7.58. The van der Waals surface area contributed by atoms with Gasteiger partial charge in [-0.2, -0.15) is 0 Å². The maximum Gasteiger partial charge on any atom is 0.218 e. The van der Waals surface area contributed by atoms with E-state index < -0.39 is 0 Å². The minimum absolute atomic E-state index is 0.224. The van der Waals surface area contributed by atoms with Crippen LogP contribution in [0.2, 0.25) is 10.0 Å². The van der Waals surface area contributed by atoms with Crippen molar-refractivity contribution >= 4 is 29.1 Å². The smallest absolute Gasteiger partial charge is 0.218 e. The van der Waals surface area contributed by atoms with Gasteiger partial charge in [0.25, 0.3) is 0 Å². The molecular formula is C12H13Cl2NO. The topological polar surface area (TPSA) is 21.6 Å². The molecule has 0 saturated heterocycles. The fourth-order valence-electron chi connectivity index (χ4n) is 1.54. The second kappa shape index (κ2) is 4.64. The molecule has 0 saturated carbocycles. The first kappa shape index (κ1) is 11.7. The summed E-state index contributed by atoms with van der Waals surface area (Å²) in [5.74, 6) is 1.10. The van der Waals surface area contributed by atoms with Crippen LogP contribution in [0, 0.1) is 5.92 Å². The lowest BCUT2D eigenvalue weighted by Crippen LogP contribution is -2.13. The third-order valence-electron chi connectivity index (χ3n) is 2.60. The first-order valence-corrected chi connectivity index (χ1v) is 5.99. The molecule has 0 aromatic heterocycles. The summed E-state index contributed by atoms with van der Waals surface area (Å²) in [5, 5.41) is 1.20. The molecule has 2 rings (SSSR count). The van der Waals surface area contributed by atoms with Crippen molar-refractivity contribution in [1.82, 2.24) is 0 Å². The molecule has 4 heteroatoms. The molecule has 1 aromatic rings. The molecule has 0 N–H and O–H groups in total. The van der Waals surface area contributed by atoms with Gasteiger partial charge in [0.05, 0.1) is 16.6 Å². The zero-order valence-electron chi connectivity index (χ0n) is 9.21. The number of aliphatic imine (C=N–C) groups is 1. The normalized spacial score (nSPS) is 19.8. The Balaban J connectivity index is 2.29. The van der Waals surface area contributed by atoms with Crippen LogP contribution in [0.25, 0.3) is 0 Å². The Labute approximate surface area is 105 Å². The van der Waals surface area contributed by atoms with Gasteiger partial charge in [-0.15, -0.1) is 0 Å². The third kappa shape index (κ3) is 2.33. The summed E-state index contributed by atoms with van der Waals surface area (Å²) in [4.78, 5) is 4.52. The van der Waals surface area contributed by atoms with Gasteiger partial charge in [0.2, 0.25) is 5.90 Å². The number of ether oxygens (including phenoxy) is 1. The van der Waals surface area contributed by atoms with Crippen molar-refractivity contribution in [2.45, 2.75) is 19.9 Å². The SMILES string of the molecule is CC(C)[C@@H]1COC(c2ccc(Cl)cc2Cl)=N1. The van der Waals surface area contributed by atoms with Crippen LogP contribution < -0.4 is 0 Å². The highest BCUT2D eigenvalue weighted by Crippen LogP contribution is 2.25. The number of nitrogens with zero attached hydrogens (tertiary/aromatic N) is 1. The third-order valence-corrected chi connectivity index (χ3v) is 3.15. The lowest BCUT2D eigenvalue weighted by atomic mass is 10.1. The fraction of sp³-hybridized carbons (Fsp3) is 0.417. The average molecular weight is 258 g/mol. The Bertz CT molecular complexity index is 429. The summed E-state index contributed by atoms with van der Waals surface area (Å²) < 4.78 is 5.56. The van der Waals surface area contributed by atoms with E-state index in [4.69, 9.17) is 27.9 Å². The highest BCUT2D eigenvalue weighted by Gasteiger charge is 2.23. The number of hydrogen-bond donors (Lipinski definition) is 0. The number of hydrogen-bond acceptors (Lipinski definition) is 2. The van der Waals surface area contributed by atoms with Crippen molar-refractivity contribution in [3.8, 4) is 0 Å². The second-order valence-corrected chi connectivity index (χ2v) is 5.02. The summed E-state index contributed by atoms with van der Waals surface area (Å²) in [7, 11) is 0. The van der Waals surface area contributed by atoms with E-state index in [1.807, 2.05) is 6.07 Å². The quantitative estimate of drug-likeness (QED) is 0.790. The minimum Gasteiger partial charge on any atom is -0.475 e. The Morgan fingerprint density at radius 3 is 2.69 bits per heavy atom. The zero-order chi connectivity index (χ0) is 11.7. The van der Waals surface area contributed by atoms with E-state index in [0.717, 1.165) is 5.56 Å². The Kier molecular flexibility index (Phi) is 3.41. The maximum absolute atomic E-state index is 6.09. The standard InChI is InChI=1S/C12H13Cl2NO/c1-7(2)11-6-16-12(15-11)9-4-3-8(13)5-10(9)14/h3-5,7,11H,6H2,1-2H3/t11-/m0/s1. The molecule has 0 aliphatic carbocycles. The van der Waals surface area contributed by atoms with Crippen molar-refractivity contribution in [3.63, 3.8) is 0 Å². The Morgan fingerprint density at radius 2 is 2.12 bits per heavy atom. The molecule has 0 unspecified atom stereocenters. The van der Waals surface area contributed by atoms with Gasteiger partial charge in [0.15, 0.2) is 0 Å². The predicted molar refractivity (Wildman–Crippen MR) is 67.6 cm³/mol. The van der Waals surface area contributed by atoms with Gasteiger partial charge < -0.3 is 4.74 Å². The molecule has 0 bridgehead atoms. The molecule has 86 valence electrons. The van der Waals surface area contributed by atoms with Gasteiger partial charge >= 0.3 is 0 Å². The van der Waals surface area contributed by atoms with Crippen LogP contribution in [-0.4, -0.2) is 18.5 Å².